The molecular formula is C38H49F6N11O3S. The van der Waals surface area contributed by atoms with Gasteiger partial charge in [-0.15, -0.1) is 0 Å². The highest BCUT2D eigenvalue weighted by atomic mass is 32.2. The number of carbonyl (C=O) groups excluding carboxylic acids is 1. The van der Waals surface area contributed by atoms with Crippen LogP contribution in [-0.2, 0) is 34.6 Å². The van der Waals surface area contributed by atoms with Crippen molar-refractivity contribution in [3.05, 3.63) is 47.9 Å². The molecule has 4 aromatic rings. The first-order chi connectivity index (χ1) is 27.9. The van der Waals surface area contributed by atoms with Gasteiger partial charge in [0.1, 0.15) is 12.1 Å². The van der Waals surface area contributed by atoms with E-state index in [1.807, 2.05) is 11.7 Å². The fourth-order valence-corrected chi connectivity index (χ4v) is 10.9. The fourth-order valence-electron chi connectivity index (χ4n) is 8.74. The number of aryl methyl sites for hydroxylation is 1. The largest absolute Gasteiger partial charge is 0.419 e. The van der Waals surface area contributed by atoms with E-state index in [2.05, 4.69) is 53.9 Å². The summed E-state index contributed by atoms with van der Waals surface area (Å²) in [5, 5.41) is 14.9. The molecule has 59 heavy (non-hydrogen) atoms. The van der Waals surface area contributed by atoms with Gasteiger partial charge in [-0.1, -0.05) is 12.5 Å². The quantitative estimate of drug-likeness (QED) is 0.141. The Kier molecular flexibility index (Phi) is 12.4. The first-order valence-corrected chi connectivity index (χ1v) is 21.4. The molecule has 0 radical (unpaired) electrons. The number of benzene rings is 1. The summed E-state index contributed by atoms with van der Waals surface area (Å²) in [6.45, 7) is 2.10. The molecule has 2 unspecified atom stereocenters. The van der Waals surface area contributed by atoms with Crippen LogP contribution in [0.3, 0.4) is 0 Å². The van der Waals surface area contributed by atoms with E-state index in [9.17, 15) is 39.6 Å². The second kappa shape index (κ2) is 17.2. The maximum atomic E-state index is 13.9. The number of fused-ring (bicyclic) bond motifs is 1. The molecule has 1 amide bonds. The Morgan fingerprint density at radius 1 is 0.983 bits per heavy atom. The van der Waals surface area contributed by atoms with Crippen molar-refractivity contribution in [3.63, 3.8) is 0 Å². The van der Waals surface area contributed by atoms with Gasteiger partial charge in [0.15, 0.2) is 5.82 Å². The molecule has 21 heteroatoms. The number of amides is 1. The van der Waals surface area contributed by atoms with Crippen LogP contribution in [0.5, 0.6) is 0 Å². The maximum Gasteiger partial charge on any atom is 0.419 e. The highest BCUT2D eigenvalue weighted by Gasteiger charge is 2.40. The molecule has 1 saturated carbocycles. The van der Waals surface area contributed by atoms with E-state index in [1.54, 1.807) is 0 Å². The van der Waals surface area contributed by atoms with Gasteiger partial charge in [-0.2, -0.15) is 36.5 Å². The lowest BCUT2D eigenvalue weighted by atomic mass is 9.86. The number of carbonyl (C=O) groups is 1. The van der Waals surface area contributed by atoms with E-state index >= 15 is 0 Å². The van der Waals surface area contributed by atoms with Crippen LogP contribution >= 0.6 is 0 Å². The predicted octanol–water partition coefficient (Wildman–Crippen LogP) is 5.74. The molecule has 1 aliphatic carbocycles. The average Bonchev–Trinajstić information content (AvgIpc) is 3.77. The van der Waals surface area contributed by atoms with Crippen molar-refractivity contribution in [1.82, 2.24) is 38.7 Å². The van der Waals surface area contributed by atoms with Gasteiger partial charge in [0.2, 0.25) is 21.9 Å². The molecule has 322 valence electrons. The molecule has 1 aromatic carbocycles. The number of nitrogens with zero attached hydrogens (tertiary/aromatic N) is 8. The van der Waals surface area contributed by atoms with E-state index < -0.39 is 45.4 Å². The lowest BCUT2D eigenvalue weighted by Crippen LogP contribution is -2.48. The third kappa shape index (κ3) is 10.3. The van der Waals surface area contributed by atoms with Crippen molar-refractivity contribution in [2.45, 2.75) is 93.9 Å². The van der Waals surface area contributed by atoms with Crippen LogP contribution in [0, 0.1) is 5.92 Å². The summed E-state index contributed by atoms with van der Waals surface area (Å²) >= 11 is 0. The van der Waals surface area contributed by atoms with Crippen molar-refractivity contribution in [3.8, 4) is 11.3 Å². The maximum absolute atomic E-state index is 13.9. The number of sulfonamides is 1. The highest BCUT2D eigenvalue weighted by molar-refractivity contribution is 7.89. The van der Waals surface area contributed by atoms with Gasteiger partial charge >= 0.3 is 12.4 Å². The number of piperidine rings is 2. The Morgan fingerprint density at radius 2 is 1.73 bits per heavy atom. The van der Waals surface area contributed by atoms with Crippen LogP contribution in [-0.4, -0.2) is 110 Å². The molecule has 2 saturated heterocycles. The molecule has 3 aliphatic rings. The summed E-state index contributed by atoms with van der Waals surface area (Å²) in [6.07, 6.45) is -1.19. The molecule has 14 nitrogen and oxygen atoms in total. The summed E-state index contributed by atoms with van der Waals surface area (Å²) in [7, 11) is -1.69. The molecule has 2 atom stereocenters. The number of anilines is 2. The third-order valence-corrected chi connectivity index (χ3v) is 14.1. The van der Waals surface area contributed by atoms with E-state index in [0.717, 1.165) is 74.4 Å². The third-order valence-electron chi connectivity index (χ3n) is 11.8. The van der Waals surface area contributed by atoms with E-state index in [4.69, 9.17) is 5.73 Å². The Labute approximate surface area is 337 Å². The number of hydrogen-bond acceptors (Lipinski definition) is 10. The van der Waals surface area contributed by atoms with Gasteiger partial charge in [0.05, 0.1) is 22.7 Å². The van der Waals surface area contributed by atoms with Crippen molar-refractivity contribution in [2.24, 2.45) is 18.7 Å². The number of halogens is 6. The van der Waals surface area contributed by atoms with Crippen LogP contribution in [0.4, 0.5) is 38.1 Å². The minimum atomic E-state index is -4.87. The number of alkyl halides is 6. The van der Waals surface area contributed by atoms with E-state index in [1.165, 1.54) is 9.87 Å². The van der Waals surface area contributed by atoms with Crippen molar-refractivity contribution < 1.29 is 39.6 Å². The number of hydrogen-bond donors (Lipinski definition) is 3. The predicted molar refractivity (Wildman–Crippen MR) is 209 cm³/mol. The zero-order valence-corrected chi connectivity index (χ0v) is 33.5. The van der Waals surface area contributed by atoms with Gasteiger partial charge in [0, 0.05) is 69.0 Å². The van der Waals surface area contributed by atoms with Gasteiger partial charge in [-0.05, 0) is 87.6 Å². The van der Waals surface area contributed by atoms with Crippen LogP contribution in [0.1, 0.15) is 74.8 Å². The lowest BCUT2D eigenvalue weighted by Gasteiger charge is -2.39. The molecule has 3 aromatic heterocycles. The van der Waals surface area contributed by atoms with Gasteiger partial charge < -0.3 is 21.3 Å². The smallest absolute Gasteiger partial charge is 0.370 e. The number of rotatable bonds is 13. The van der Waals surface area contributed by atoms with Gasteiger partial charge in [-0.25, -0.2) is 22.7 Å². The summed E-state index contributed by atoms with van der Waals surface area (Å²) in [5.74, 6) is 0.871. The average molecular weight is 854 g/mol. The van der Waals surface area contributed by atoms with Crippen LogP contribution in [0.2, 0.25) is 0 Å². The summed E-state index contributed by atoms with van der Waals surface area (Å²) < 4.78 is 112. The molecule has 5 heterocycles. The van der Waals surface area contributed by atoms with Crippen molar-refractivity contribution >= 4 is 38.6 Å². The van der Waals surface area contributed by atoms with E-state index in [-0.39, 0.29) is 48.9 Å². The molecule has 7 rings (SSSR count). The Bertz CT molecular complexity index is 2210. The Morgan fingerprint density at radius 3 is 2.42 bits per heavy atom. The van der Waals surface area contributed by atoms with Crippen molar-refractivity contribution in [2.75, 3.05) is 49.9 Å². The number of nitrogens with one attached hydrogen (secondary N) is 2. The molecule has 0 spiro atoms. The first-order valence-electron chi connectivity index (χ1n) is 19.9. The minimum Gasteiger partial charge on any atom is -0.370 e. The highest BCUT2D eigenvalue weighted by Crippen LogP contribution is 2.38. The van der Waals surface area contributed by atoms with E-state index in [0.29, 0.717) is 49.0 Å². The first kappa shape index (κ1) is 42.6. The second-order valence-corrected chi connectivity index (χ2v) is 18.2. The van der Waals surface area contributed by atoms with Crippen LogP contribution in [0.25, 0.3) is 22.2 Å². The Hall–Kier alpha value is -4.50. The molecule has 2 aliphatic heterocycles. The normalized spacial score (nSPS) is 20.9. The fraction of sp³-hybridized carbons (Fsp3) is 0.605. The number of likely N-dealkylation sites (tertiary alicyclic amines) is 1. The SMILES string of the molecule is Cn1nc(NCCC(N)=O)c2ccc(C3CCN(CC4CCCC(S(=O)(=O)N5CCC(Nc6ncc(C(F)(F)F)c(-c7cnn(CC(F)(F)F)c7)n6)CC5)C4)CC3)cc21. The van der Waals surface area contributed by atoms with Gasteiger partial charge in [0.25, 0.3) is 0 Å². The zero-order valence-electron chi connectivity index (χ0n) is 32.6. The minimum absolute atomic E-state index is 0.146. The molecule has 4 N–H and O–H groups in total. The van der Waals surface area contributed by atoms with Crippen LogP contribution < -0.4 is 16.4 Å². The standard InChI is InChI=1S/C38H49F6N11O3S/c1-52-32-18-26(5-6-30(32)35(51-52)46-12-7-33(45)56)25-8-13-53(14-9-25)21-24-3-2-4-29(17-24)59(57,58)55-15-10-28(11-16-55)49-36-47-20-31(38(42,43)44)34(50-36)27-19-48-54(22-27)23-37(39,40)41/h5-6,18-20,22,24-25,28-29H,2-4,7-17,21,23H2,1H3,(H2,45,56)(H,46,51)(H,47,49,50). The Balaban J connectivity index is 0.900. The summed E-state index contributed by atoms with van der Waals surface area (Å²) in [5.41, 5.74) is 5.48. The number of nitrogens with two attached hydrogens (primary N) is 1. The summed E-state index contributed by atoms with van der Waals surface area (Å²) in [4.78, 5) is 21.5. The molecule has 0 bridgehead atoms. The number of aromatic nitrogens is 6. The number of primary amides is 1. The van der Waals surface area contributed by atoms with Gasteiger partial charge in [-0.3, -0.25) is 14.2 Å². The van der Waals surface area contributed by atoms with Crippen LogP contribution in [0.15, 0.2) is 36.8 Å². The van der Waals surface area contributed by atoms with Crippen molar-refractivity contribution in [1.29, 1.82) is 0 Å². The molecular weight excluding hydrogens is 805 g/mol. The monoisotopic (exact) mass is 853 g/mol. The zero-order chi connectivity index (χ0) is 42.1. The molecule has 3 fully saturated rings. The lowest BCUT2D eigenvalue weighted by molar-refractivity contribution is -0.142. The topological polar surface area (TPSA) is 169 Å². The summed E-state index contributed by atoms with van der Waals surface area (Å²) in [6, 6.07) is 6.10. The second-order valence-electron chi connectivity index (χ2n) is 16.0.